The van der Waals surface area contributed by atoms with E-state index in [4.69, 9.17) is 52.1 Å². The molecule has 104 valence electrons. The lowest BCUT2D eigenvalue weighted by atomic mass is 10.2. The van der Waals surface area contributed by atoms with Crippen molar-refractivity contribution in [2.75, 3.05) is 11.1 Å². The summed E-state index contributed by atoms with van der Waals surface area (Å²) in [7, 11) is 0. The normalized spacial score (nSPS) is 10.4. The summed E-state index contributed by atoms with van der Waals surface area (Å²) >= 11 is 23.2. The van der Waals surface area contributed by atoms with Crippen molar-refractivity contribution in [3.8, 4) is 0 Å². The number of halogens is 4. The van der Waals surface area contributed by atoms with E-state index in [-0.39, 0.29) is 31.6 Å². The van der Waals surface area contributed by atoms with E-state index >= 15 is 0 Å². The Hall–Kier alpha value is -1.20. The highest BCUT2D eigenvalue weighted by molar-refractivity contribution is 6.39. The van der Waals surface area contributed by atoms with E-state index < -0.39 is 5.91 Å². The van der Waals surface area contributed by atoms with Gasteiger partial charge in [0.25, 0.3) is 5.91 Å². The zero-order chi connectivity index (χ0) is 14.9. The number of amides is 1. The van der Waals surface area contributed by atoms with Crippen molar-refractivity contribution in [3.05, 3.63) is 50.2 Å². The van der Waals surface area contributed by atoms with Crippen LogP contribution in [-0.2, 0) is 0 Å². The zero-order valence-electron chi connectivity index (χ0n) is 9.75. The van der Waals surface area contributed by atoms with E-state index in [2.05, 4.69) is 10.3 Å². The highest BCUT2D eigenvalue weighted by atomic mass is 35.5. The number of nitrogens with two attached hydrogens (primary N) is 1. The van der Waals surface area contributed by atoms with Crippen molar-refractivity contribution in [1.29, 1.82) is 0 Å². The molecule has 4 nitrogen and oxygen atoms in total. The molecule has 0 saturated carbocycles. The molecular formula is C12H7Cl4N3O. The summed E-state index contributed by atoms with van der Waals surface area (Å²) in [4.78, 5) is 15.8. The third kappa shape index (κ3) is 3.46. The quantitative estimate of drug-likeness (QED) is 0.617. The van der Waals surface area contributed by atoms with Gasteiger partial charge in [-0.25, -0.2) is 4.98 Å². The molecule has 0 saturated heterocycles. The Labute approximate surface area is 134 Å². The van der Waals surface area contributed by atoms with E-state index in [0.29, 0.717) is 5.69 Å². The number of benzene rings is 1. The number of nitrogens with one attached hydrogen (secondary N) is 1. The second kappa shape index (κ2) is 6.06. The average Bonchev–Trinajstić information content (AvgIpc) is 2.34. The lowest BCUT2D eigenvalue weighted by Crippen LogP contribution is -2.12. The number of carbonyl (C=O) groups is 1. The number of carbonyl (C=O) groups excluding carboxylic acids is 1. The van der Waals surface area contributed by atoms with Crippen LogP contribution >= 0.6 is 46.4 Å². The summed E-state index contributed by atoms with van der Waals surface area (Å²) in [5, 5.41) is 3.35. The summed E-state index contributed by atoms with van der Waals surface area (Å²) in [5.74, 6) is -0.423. The topological polar surface area (TPSA) is 68.0 Å². The summed E-state index contributed by atoms with van der Waals surface area (Å²) in [6.45, 7) is 0. The molecule has 1 aromatic carbocycles. The molecule has 20 heavy (non-hydrogen) atoms. The second-order valence-electron chi connectivity index (χ2n) is 3.81. The SMILES string of the molecule is Nc1c(Cl)cc(NC(=O)c2cc(Cl)nc(Cl)c2)cc1Cl. The van der Waals surface area contributed by atoms with E-state index in [9.17, 15) is 4.79 Å². The molecule has 0 atom stereocenters. The van der Waals surface area contributed by atoms with E-state index in [1.807, 2.05) is 0 Å². The fourth-order valence-electron chi connectivity index (χ4n) is 1.46. The lowest BCUT2D eigenvalue weighted by Gasteiger charge is -2.09. The minimum absolute atomic E-state index is 0.121. The number of anilines is 2. The predicted molar refractivity (Wildman–Crippen MR) is 83.1 cm³/mol. The van der Waals surface area contributed by atoms with Gasteiger partial charge in [-0.05, 0) is 24.3 Å². The van der Waals surface area contributed by atoms with Gasteiger partial charge in [0.05, 0.1) is 15.7 Å². The first-order valence-electron chi connectivity index (χ1n) is 5.26. The van der Waals surface area contributed by atoms with Gasteiger partial charge in [0, 0.05) is 11.3 Å². The Bertz CT molecular complexity index is 647. The Kier molecular flexibility index (Phi) is 4.60. The summed E-state index contributed by atoms with van der Waals surface area (Å²) in [6.07, 6.45) is 0. The van der Waals surface area contributed by atoms with Gasteiger partial charge in [0.15, 0.2) is 0 Å². The Morgan fingerprint density at radius 1 is 1.00 bits per heavy atom. The number of hydrogen-bond donors (Lipinski definition) is 2. The summed E-state index contributed by atoms with van der Waals surface area (Å²) in [6, 6.07) is 5.77. The highest BCUT2D eigenvalue weighted by Crippen LogP contribution is 2.31. The van der Waals surface area contributed by atoms with Gasteiger partial charge in [-0.3, -0.25) is 4.79 Å². The zero-order valence-corrected chi connectivity index (χ0v) is 12.8. The molecule has 0 aliphatic carbocycles. The number of nitrogen functional groups attached to an aromatic ring is 1. The number of hydrogen-bond acceptors (Lipinski definition) is 3. The van der Waals surface area contributed by atoms with Crippen molar-refractivity contribution in [2.24, 2.45) is 0 Å². The molecule has 1 heterocycles. The minimum atomic E-state index is -0.423. The minimum Gasteiger partial charge on any atom is -0.396 e. The van der Waals surface area contributed by atoms with Gasteiger partial charge in [-0.15, -0.1) is 0 Å². The second-order valence-corrected chi connectivity index (χ2v) is 5.40. The van der Waals surface area contributed by atoms with Crippen LogP contribution in [-0.4, -0.2) is 10.9 Å². The van der Waals surface area contributed by atoms with Gasteiger partial charge in [-0.2, -0.15) is 0 Å². The number of rotatable bonds is 2. The van der Waals surface area contributed by atoms with Gasteiger partial charge in [0.1, 0.15) is 10.3 Å². The molecule has 0 bridgehead atoms. The predicted octanol–water partition coefficient (Wildman–Crippen LogP) is 4.53. The van der Waals surface area contributed by atoms with E-state index in [1.165, 1.54) is 24.3 Å². The Morgan fingerprint density at radius 2 is 1.50 bits per heavy atom. The molecule has 1 aromatic heterocycles. The maximum atomic E-state index is 12.1. The van der Waals surface area contributed by atoms with Gasteiger partial charge >= 0.3 is 0 Å². The first kappa shape index (κ1) is 15.2. The molecule has 0 spiro atoms. The fraction of sp³-hybridized carbons (Fsp3) is 0. The first-order chi connectivity index (χ1) is 9.36. The van der Waals surface area contributed by atoms with Crippen LogP contribution in [0.25, 0.3) is 0 Å². The molecule has 0 aliphatic heterocycles. The molecule has 2 aromatic rings. The van der Waals surface area contributed by atoms with Crippen molar-refractivity contribution >= 4 is 63.7 Å². The maximum absolute atomic E-state index is 12.1. The van der Waals surface area contributed by atoms with Crippen LogP contribution in [0.15, 0.2) is 24.3 Å². The van der Waals surface area contributed by atoms with Gasteiger partial charge in [0.2, 0.25) is 0 Å². The monoisotopic (exact) mass is 349 g/mol. The van der Waals surface area contributed by atoms with Crippen molar-refractivity contribution in [2.45, 2.75) is 0 Å². The molecule has 3 N–H and O–H groups in total. The summed E-state index contributed by atoms with van der Waals surface area (Å²) in [5.41, 5.74) is 6.53. The van der Waals surface area contributed by atoms with Crippen LogP contribution in [0.3, 0.4) is 0 Å². The van der Waals surface area contributed by atoms with E-state index in [1.54, 1.807) is 0 Å². The average molecular weight is 351 g/mol. The fourth-order valence-corrected chi connectivity index (χ4v) is 2.40. The van der Waals surface area contributed by atoms with Crippen LogP contribution in [0.4, 0.5) is 11.4 Å². The van der Waals surface area contributed by atoms with Gasteiger partial charge < -0.3 is 11.1 Å². The summed E-state index contributed by atoms with van der Waals surface area (Å²) < 4.78 is 0. The van der Waals surface area contributed by atoms with Crippen molar-refractivity contribution in [1.82, 2.24) is 4.98 Å². The molecule has 0 aliphatic rings. The first-order valence-corrected chi connectivity index (χ1v) is 6.77. The third-order valence-electron chi connectivity index (χ3n) is 2.36. The van der Waals surface area contributed by atoms with Gasteiger partial charge in [-0.1, -0.05) is 46.4 Å². The number of aromatic nitrogens is 1. The van der Waals surface area contributed by atoms with Crippen molar-refractivity contribution in [3.63, 3.8) is 0 Å². The highest BCUT2D eigenvalue weighted by Gasteiger charge is 2.11. The molecule has 8 heteroatoms. The largest absolute Gasteiger partial charge is 0.396 e. The molecule has 0 unspecified atom stereocenters. The Balaban J connectivity index is 2.28. The molecular weight excluding hydrogens is 344 g/mol. The number of nitrogens with zero attached hydrogens (tertiary/aromatic N) is 1. The van der Waals surface area contributed by atoms with E-state index in [0.717, 1.165) is 0 Å². The van der Waals surface area contributed by atoms with Crippen LogP contribution in [0.1, 0.15) is 10.4 Å². The lowest BCUT2D eigenvalue weighted by molar-refractivity contribution is 0.102. The third-order valence-corrected chi connectivity index (χ3v) is 3.37. The van der Waals surface area contributed by atoms with Crippen LogP contribution in [0.5, 0.6) is 0 Å². The van der Waals surface area contributed by atoms with Crippen LogP contribution in [0, 0.1) is 0 Å². The molecule has 0 fully saturated rings. The Morgan fingerprint density at radius 3 is 2.00 bits per heavy atom. The maximum Gasteiger partial charge on any atom is 0.255 e. The van der Waals surface area contributed by atoms with Crippen LogP contribution < -0.4 is 11.1 Å². The standard InChI is InChI=1S/C12H7Cl4N3O/c13-7-3-6(4-8(14)11(7)17)18-12(20)5-1-9(15)19-10(16)2-5/h1-4H,17H2,(H,18,20). The van der Waals surface area contributed by atoms with Crippen LogP contribution in [0.2, 0.25) is 20.4 Å². The van der Waals surface area contributed by atoms with Crippen molar-refractivity contribution < 1.29 is 4.79 Å². The molecule has 1 amide bonds. The molecule has 0 radical (unpaired) electrons. The number of pyridine rings is 1. The molecule has 2 rings (SSSR count). The smallest absolute Gasteiger partial charge is 0.255 e.